The lowest BCUT2D eigenvalue weighted by molar-refractivity contribution is -0.144. The van der Waals surface area contributed by atoms with Crippen LogP contribution >= 0.6 is 11.3 Å². The molecule has 0 saturated carbocycles. The molecule has 0 radical (unpaired) electrons. The van der Waals surface area contributed by atoms with Crippen LogP contribution in [0.2, 0.25) is 0 Å². The maximum Gasteiger partial charge on any atom is 0.313 e. The Bertz CT molecular complexity index is 366. The molecule has 0 amide bonds. The van der Waals surface area contributed by atoms with Gasteiger partial charge in [0, 0.05) is 11.3 Å². The van der Waals surface area contributed by atoms with E-state index in [1.165, 1.54) is 11.0 Å². The molecule has 0 aromatic carbocycles. The summed E-state index contributed by atoms with van der Waals surface area (Å²) < 4.78 is 4.67. The standard InChI is InChI=1S/C12H14O3S/c1-2-15-12(14)9-10(13)5-3-6-11-7-4-8-16-11/h3-5,7-8H,2,6,9H2,1H3. The highest BCUT2D eigenvalue weighted by atomic mass is 32.1. The van der Waals surface area contributed by atoms with Gasteiger partial charge >= 0.3 is 5.97 Å². The van der Waals surface area contributed by atoms with Gasteiger partial charge in [0.15, 0.2) is 5.78 Å². The number of carbonyl (C=O) groups excluding carboxylic acids is 2. The molecule has 0 aliphatic carbocycles. The molecule has 0 aliphatic heterocycles. The number of ether oxygens (including phenoxy) is 1. The summed E-state index contributed by atoms with van der Waals surface area (Å²) >= 11 is 1.64. The Hall–Kier alpha value is -1.42. The van der Waals surface area contributed by atoms with Crippen molar-refractivity contribution >= 4 is 23.1 Å². The molecule has 1 heterocycles. The first-order valence-corrected chi connectivity index (χ1v) is 5.97. The van der Waals surface area contributed by atoms with Crippen molar-refractivity contribution in [3.05, 3.63) is 34.5 Å². The highest BCUT2D eigenvalue weighted by Gasteiger charge is 2.06. The van der Waals surface area contributed by atoms with Crippen LogP contribution in [-0.2, 0) is 20.7 Å². The van der Waals surface area contributed by atoms with Gasteiger partial charge in [0.2, 0.25) is 0 Å². The Kier molecular flexibility index (Phi) is 5.50. The Labute approximate surface area is 98.7 Å². The molecule has 1 aromatic heterocycles. The molecule has 0 aliphatic rings. The highest BCUT2D eigenvalue weighted by Crippen LogP contribution is 2.09. The first-order valence-electron chi connectivity index (χ1n) is 5.09. The number of ketones is 1. The first-order chi connectivity index (χ1) is 7.72. The topological polar surface area (TPSA) is 43.4 Å². The molecule has 86 valence electrons. The fraction of sp³-hybridized carbons (Fsp3) is 0.333. The number of thiophene rings is 1. The largest absolute Gasteiger partial charge is 0.466 e. The molecule has 0 spiro atoms. The molecular formula is C12H14O3S. The summed E-state index contributed by atoms with van der Waals surface area (Å²) in [4.78, 5) is 23.4. The van der Waals surface area contributed by atoms with Gasteiger partial charge in [-0.3, -0.25) is 9.59 Å². The van der Waals surface area contributed by atoms with Gasteiger partial charge < -0.3 is 4.74 Å². The van der Waals surface area contributed by atoms with Gasteiger partial charge in [-0.05, 0) is 24.4 Å². The van der Waals surface area contributed by atoms with Crippen molar-refractivity contribution in [1.29, 1.82) is 0 Å². The van der Waals surface area contributed by atoms with Crippen molar-refractivity contribution in [2.24, 2.45) is 0 Å². The van der Waals surface area contributed by atoms with Gasteiger partial charge in [-0.25, -0.2) is 0 Å². The maximum atomic E-state index is 11.3. The monoisotopic (exact) mass is 238 g/mol. The van der Waals surface area contributed by atoms with Crippen molar-refractivity contribution < 1.29 is 14.3 Å². The van der Waals surface area contributed by atoms with Gasteiger partial charge in [-0.2, -0.15) is 0 Å². The second-order valence-corrected chi connectivity index (χ2v) is 4.17. The van der Waals surface area contributed by atoms with E-state index in [0.717, 1.165) is 6.42 Å². The lowest BCUT2D eigenvalue weighted by atomic mass is 10.2. The molecule has 1 aromatic rings. The first kappa shape index (κ1) is 12.6. The van der Waals surface area contributed by atoms with Crippen LogP contribution in [0.1, 0.15) is 18.2 Å². The third-order valence-corrected chi connectivity index (χ3v) is 2.73. The maximum absolute atomic E-state index is 11.3. The number of carbonyl (C=O) groups is 2. The van der Waals surface area contributed by atoms with E-state index in [9.17, 15) is 9.59 Å². The summed E-state index contributed by atoms with van der Waals surface area (Å²) in [6.45, 7) is 2.03. The van der Waals surface area contributed by atoms with Crippen LogP contribution in [-0.4, -0.2) is 18.4 Å². The zero-order valence-corrected chi connectivity index (χ0v) is 9.96. The lowest BCUT2D eigenvalue weighted by Gasteiger charge is -1.97. The quantitative estimate of drug-likeness (QED) is 0.434. The number of esters is 1. The summed E-state index contributed by atoms with van der Waals surface area (Å²) in [6.07, 6.45) is 3.77. The van der Waals surface area contributed by atoms with Gasteiger partial charge in [0.25, 0.3) is 0 Å². The van der Waals surface area contributed by atoms with Crippen molar-refractivity contribution in [2.75, 3.05) is 6.61 Å². The molecule has 4 heteroatoms. The molecule has 0 bridgehead atoms. The van der Waals surface area contributed by atoms with Crippen LogP contribution in [0, 0.1) is 0 Å². The predicted molar refractivity (Wildman–Crippen MR) is 63.4 cm³/mol. The van der Waals surface area contributed by atoms with Crippen molar-refractivity contribution in [3.8, 4) is 0 Å². The van der Waals surface area contributed by atoms with Crippen LogP contribution < -0.4 is 0 Å². The Morgan fingerprint density at radius 3 is 2.94 bits per heavy atom. The van der Waals surface area contributed by atoms with E-state index in [4.69, 9.17) is 0 Å². The average Bonchev–Trinajstić information content (AvgIpc) is 2.70. The van der Waals surface area contributed by atoms with Crippen molar-refractivity contribution in [2.45, 2.75) is 19.8 Å². The van der Waals surface area contributed by atoms with E-state index in [0.29, 0.717) is 6.61 Å². The molecular weight excluding hydrogens is 224 g/mol. The molecule has 1 rings (SSSR count). The van der Waals surface area contributed by atoms with E-state index < -0.39 is 5.97 Å². The number of rotatable bonds is 6. The molecule has 0 saturated heterocycles. The minimum atomic E-state index is -0.465. The fourth-order valence-electron chi connectivity index (χ4n) is 1.15. The lowest BCUT2D eigenvalue weighted by Crippen LogP contribution is -2.09. The smallest absolute Gasteiger partial charge is 0.313 e. The van der Waals surface area contributed by atoms with Crippen LogP contribution in [0.3, 0.4) is 0 Å². The minimum absolute atomic E-state index is 0.172. The summed E-state index contributed by atoms with van der Waals surface area (Å²) in [6, 6.07) is 3.97. The Balaban J connectivity index is 2.28. The van der Waals surface area contributed by atoms with Crippen LogP contribution in [0.15, 0.2) is 29.7 Å². The third kappa shape index (κ3) is 4.89. The Morgan fingerprint density at radius 1 is 1.50 bits per heavy atom. The molecule has 0 atom stereocenters. The van der Waals surface area contributed by atoms with E-state index in [-0.39, 0.29) is 12.2 Å². The zero-order chi connectivity index (χ0) is 11.8. The van der Waals surface area contributed by atoms with Crippen molar-refractivity contribution in [3.63, 3.8) is 0 Å². The van der Waals surface area contributed by atoms with E-state index >= 15 is 0 Å². The minimum Gasteiger partial charge on any atom is -0.466 e. The highest BCUT2D eigenvalue weighted by molar-refractivity contribution is 7.09. The number of allylic oxidation sites excluding steroid dienone is 2. The van der Waals surface area contributed by atoms with Crippen molar-refractivity contribution in [1.82, 2.24) is 0 Å². The predicted octanol–water partition coefficient (Wildman–Crippen LogP) is 2.37. The third-order valence-electron chi connectivity index (χ3n) is 1.83. The summed E-state index contributed by atoms with van der Waals surface area (Å²) in [5.74, 6) is -0.678. The number of hydrogen-bond acceptors (Lipinski definition) is 4. The zero-order valence-electron chi connectivity index (χ0n) is 9.14. The molecule has 0 N–H and O–H groups in total. The average molecular weight is 238 g/mol. The summed E-state index contributed by atoms with van der Waals surface area (Å²) in [7, 11) is 0. The van der Waals surface area contributed by atoms with Gasteiger partial charge in [-0.1, -0.05) is 12.1 Å². The normalized spacial score (nSPS) is 10.6. The second kappa shape index (κ2) is 6.95. The van der Waals surface area contributed by atoms with E-state index in [1.54, 1.807) is 24.3 Å². The van der Waals surface area contributed by atoms with E-state index in [1.807, 2.05) is 17.5 Å². The molecule has 0 unspecified atom stereocenters. The van der Waals surface area contributed by atoms with Gasteiger partial charge in [-0.15, -0.1) is 11.3 Å². The molecule has 3 nitrogen and oxygen atoms in total. The van der Waals surface area contributed by atoms with Gasteiger partial charge in [0.05, 0.1) is 6.61 Å². The molecule has 16 heavy (non-hydrogen) atoms. The molecule has 0 fully saturated rings. The SMILES string of the molecule is CCOC(=O)CC(=O)C=CCc1cccs1. The van der Waals surface area contributed by atoms with Crippen LogP contribution in [0.5, 0.6) is 0 Å². The Morgan fingerprint density at radius 2 is 2.31 bits per heavy atom. The van der Waals surface area contributed by atoms with Crippen LogP contribution in [0.25, 0.3) is 0 Å². The summed E-state index contributed by atoms with van der Waals surface area (Å²) in [5.41, 5.74) is 0. The van der Waals surface area contributed by atoms with E-state index in [2.05, 4.69) is 4.74 Å². The number of hydrogen-bond donors (Lipinski definition) is 0. The summed E-state index contributed by atoms with van der Waals surface area (Å²) in [5, 5.41) is 1.99. The fourth-order valence-corrected chi connectivity index (χ4v) is 1.83. The van der Waals surface area contributed by atoms with Gasteiger partial charge in [0.1, 0.15) is 6.42 Å². The second-order valence-electron chi connectivity index (χ2n) is 3.13. The van der Waals surface area contributed by atoms with Crippen LogP contribution in [0.4, 0.5) is 0 Å².